The van der Waals surface area contributed by atoms with Crippen LogP contribution in [0.25, 0.3) is 0 Å². The van der Waals surface area contributed by atoms with Gasteiger partial charge in [-0.2, -0.15) is 0 Å². The predicted molar refractivity (Wildman–Crippen MR) is 61.8 cm³/mol. The molecule has 4 nitrogen and oxygen atoms in total. The van der Waals surface area contributed by atoms with Gasteiger partial charge in [0.25, 0.3) is 0 Å². The summed E-state index contributed by atoms with van der Waals surface area (Å²) in [6.45, 7) is 2.88. The van der Waals surface area contributed by atoms with E-state index in [-0.39, 0.29) is 11.9 Å². The highest BCUT2D eigenvalue weighted by Gasteiger charge is 2.24. The molecule has 1 heterocycles. The molecule has 1 rings (SSSR count). The Kier molecular flexibility index (Phi) is 5.05. The van der Waals surface area contributed by atoms with Crippen LogP contribution in [0.3, 0.4) is 0 Å². The maximum absolute atomic E-state index is 11.9. The standard InChI is InChI=1S/C11H23N3O/c1-13(2)8-5-9-14(3)11(15)10-6-4-7-12-10/h10,12H,4-9H2,1-3H3. The molecule has 1 aliphatic rings. The predicted octanol–water partition coefficient (Wildman–Crippen LogP) is 0.149. The zero-order valence-electron chi connectivity index (χ0n) is 10.1. The van der Waals surface area contributed by atoms with E-state index < -0.39 is 0 Å². The van der Waals surface area contributed by atoms with Crippen LogP contribution in [0.4, 0.5) is 0 Å². The van der Waals surface area contributed by atoms with Gasteiger partial charge < -0.3 is 15.1 Å². The minimum absolute atomic E-state index is 0.0781. The van der Waals surface area contributed by atoms with Crippen molar-refractivity contribution in [2.45, 2.75) is 25.3 Å². The quantitative estimate of drug-likeness (QED) is 0.706. The van der Waals surface area contributed by atoms with Crippen LogP contribution in [0.2, 0.25) is 0 Å². The molecule has 0 bridgehead atoms. The first-order valence-corrected chi connectivity index (χ1v) is 5.74. The van der Waals surface area contributed by atoms with Crippen molar-refractivity contribution in [2.75, 3.05) is 40.8 Å². The average Bonchev–Trinajstić information content (AvgIpc) is 2.68. The third-order valence-corrected chi connectivity index (χ3v) is 2.83. The van der Waals surface area contributed by atoms with Gasteiger partial charge >= 0.3 is 0 Å². The molecular formula is C11H23N3O. The lowest BCUT2D eigenvalue weighted by molar-refractivity contribution is -0.131. The molecule has 88 valence electrons. The zero-order valence-corrected chi connectivity index (χ0v) is 10.1. The van der Waals surface area contributed by atoms with Gasteiger partial charge in [-0.05, 0) is 46.4 Å². The highest BCUT2D eigenvalue weighted by molar-refractivity contribution is 5.81. The molecular weight excluding hydrogens is 190 g/mol. The van der Waals surface area contributed by atoms with Crippen LogP contribution in [0.15, 0.2) is 0 Å². The SMILES string of the molecule is CN(C)CCCN(C)C(=O)C1CCCN1. The number of carbonyl (C=O) groups excluding carboxylic acids is 1. The second-order valence-corrected chi connectivity index (χ2v) is 4.57. The number of nitrogens with one attached hydrogen (secondary N) is 1. The Bertz CT molecular complexity index is 200. The lowest BCUT2D eigenvalue weighted by Gasteiger charge is -2.21. The maximum atomic E-state index is 11.9. The van der Waals surface area contributed by atoms with Gasteiger partial charge in [0.05, 0.1) is 6.04 Å². The Hall–Kier alpha value is -0.610. The van der Waals surface area contributed by atoms with E-state index in [1.54, 1.807) is 0 Å². The van der Waals surface area contributed by atoms with Crippen molar-refractivity contribution in [2.24, 2.45) is 0 Å². The first-order chi connectivity index (χ1) is 7.11. The van der Waals surface area contributed by atoms with E-state index in [1.807, 2.05) is 11.9 Å². The molecule has 0 aliphatic carbocycles. The molecule has 4 heteroatoms. The number of amides is 1. The summed E-state index contributed by atoms with van der Waals surface area (Å²) in [4.78, 5) is 15.9. The van der Waals surface area contributed by atoms with Gasteiger partial charge in [-0.15, -0.1) is 0 Å². The molecule has 0 spiro atoms. The zero-order chi connectivity index (χ0) is 11.3. The lowest BCUT2D eigenvalue weighted by atomic mass is 10.2. The molecule has 0 radical (unpaired) electrons. The number of hydrogen-bond acceptors (Lipinski definition) is 3. The number of hydrogen-bond donors (Lipinski definition) is 1. The number of likely N-dealkylation sites (N-methyl/N-ethyl adjacent to an activating group) is 1. The summed E-state index contributed by atoms with van der Waals surface area (Å²) in [5.74, 6) is 0.256. The summed E-state index contributed by atoms with van der Waals surface area (Å²) in [5.41, 5.74) is 0. The number of nitrogens with zero attached hydrogens (tertiary/aromatic N) is 2. The molecule has 1 aliphatic heterocycles. The highest BCUT2D eigenvalue weighted by Crippen LogP contribution is 2.07. The van der Waals surface area contributed by atoms with Crippen molar-refractivity contribution in [1.82, 2.24) is 15.1 Å². The molecule has 0 aromatic rings. The van der Waals surface area contributed by atoms with E-state index >= 15 is 0 Å². The molecule has 0 aromatic heterocycles. The first kappa shape index (κ1) is 12.5. The molecule has 0 saturated carbocycles. The van der Waals surface area contributed by atoms with Gasteiger partial charge in [-0.25, -0.2) is 0 Å². The van der Waals surface area contributed by atoms with Gasteiger partial charge in [-0.3, -0.25) is 4.79 Å². The van der Waals surface area contributed by atoms with Crippen LogP contribution in [-0.4, -0.2) is 62.5 Å². The van der Waals surface area contributed by atoms with E-state index in [9.17, 15) is 4.79 Å². The molecule has 1 amide bonds. The van der Waals surface area contributed by atoms with Crippen molar-refractivity contribution in [3.05, 3.63) is 0 Å². The fourth-order valence-corrected chi connectivity index (χ4v) is 1.90. The first-order valence-electron chi connectivity index (χ1n) is 5.74. The van der Waals surface area contributed by atoms with Gasteiger partial charge in [0.15, 0.2) is 0 Å². The van der Waals surface area contributed by atoms with Gasteiger partial charge in [-0.1, -0.05) is 0 Å². The van der Waals surface area contributed by atoms with Crippen molar-refractivity contribution in [3.63, 3.8) is 0 Å². The largest absolute Gasteiger partial charge is 0.344 e. The van der Waals surface area contributed by atoms with Gasteiger partial charge in [0, 0.05) is 13.6 Å². The number of rotatable bonds is 5. The molecule has 1 N–H and O–H groups in total. The smallest absolute Gasteiger partial charge is 0.239 e. The minimum atomic E-state index is 0.0781. The Labute approximate surface area is 92.6 Å². The van der Waals surface area contributed by atoms with Gasteiger partial charge in [0.2, 0.25) is 5.91 Å². The van der Waals surface area contributed by atoms with E-state index in [1.165, 1.54) is 0 Å². The molecule has 1 unspecified atom stereocenters. The van der Waals surface area contributed by atoms with Crippen molar-refractivity contribution >= 4 is 5.91 Å². The maximum Gasteiger partial charge on any atom is 0.239 e. The summed E-state index contributed by atoms with van der Waals surface area (Å²) in [5, 5.41) is 3.23. The second kappa shape index (κ2) is 6.08. The molecule has 1 fully saturated rings. The summed E-state index contributed by atoms with van der Waals surface area (Å²) in [6, 6.07) is 0.0781. The Balaban J connectivity index is 2.20. The third kappa shape index (κ3) is 4.18. The van der Waals surface area contributed by atoms with Crippen molar-refractivity contribution in [3.8, 4) is 0 Å². The van der Waals surface area contributed by atoms with Crippen LogP contribution >= 0.6 is 0 Å². The van der Waals surface area contributed by atoms with Crippen LogP contribution in [-0.2, 0) is 4.79 Å². The van der Waals surface area contributed by atoms with E-state index in [0.29, 0.717) is 0 Å². The van der Waals surface area contributed by atoms with Crippen LogP contribution in [0, 0.1) is 0 Å². The van der Waals surface area contributed by atoms with E-state index in [0.717, 1.165) is 38.9 Å². The Morgan fingerprint density at radius 2 is 2.07 bits per heavy atom. The fourth-order valence-electron chi connectivity index (χ4n) is 1.90. The topological polar surface area (TPSA) is 35.6 Å². The number of carbonyl (C=O) groups is 1. The van der Waals surface area contributed by atoms with Crippen LogP contribution in [0.1, 0.15) is 19.3 Å². The summed E-state index contributed by atoms with van der Waals surface area (Å²) < 4.78 is 0. The molecule has 1 saturated heterocycles. The average molecular weight is 213 g/mol. The van der Waals surface area contributed by atoms with E-state index in [2.05, 4.69) is 24.3 Å². The third-order valence-electron chi connectivity index (χ3n) is 2.83. The molecule has 1 atom stereocenters. The summed E-state index contributed by atoms with van der Waals surface area (Å²) in [6.07, 6.45) is 3.17. The normalized spacial score (nSPS) is 20.9. The van der Waals surface area contributed by atoms with Crippen LogP contribution in [0.5, 0.6) is 0 Å². The monoisotopic (exact) mass is 213 g/mol. The molecule has 15 heavy (non-hydrogen) atoms. The highest BCUT2D eigenvalue weighted by atomic mass is 16.2. The molecule has 0 aromatic carbocycles. The minimum Gasteiger partial charge on any atom is -0.344 e. The second-order valence-electron chi connectivity index (χ2n) is 4.57. The summed E-state index contributed by atoms with van der Waals surface area (Å²) in [7, 11) is 6.01. The lowest BCUT2D eigenvalue weighted by Crippen LogP contribution is -2.42. The van der Waals surface area contributed by atoms with Crippen molar-refractivity contribution in [1.29, 1.82) is 0 Å². The Morgan fingerprint density at radius 1 is 1.33 bits per heavy atom. The Morgan fingerprint density at radius 3 is 2.60 bits per heavy atom. The van der Waals surface area contributed by atoms with E-state index in [4.69, 9.17) is 0 Å². The van der Waals surface area contributed by atoms with Gasteiger partial charge in [0.1, 0.15) is 0 Å². The van der Waals surface area contributed by atoms with Crippen molar-refractivity contribution < 1.29 is 4.79 Å². The summed E-state index contributed by atoms with van der Waals surface area (Å²) >= 11 is 0. The van der Waals surface area contributed by atoms with Crippen LogP contribution < -0.4 is 5.32 Å². The fraction of sp³-hybridized carbons (Fsp3) is 0.909.